The fourth-order valence-corrected chi connectivity index (χ4v) is 4.24. The van der Waals surface area contributed by atoms with Crippen molar-refractivity contribution in [3.8, 4) is 0 Å². The van der Waals surface area contributed by atoms with Gasteiger partial charge in [-0.05, 0) is 37.5 Å². The molecule has 2 unspecified atom stereocenters. The zero-order chi connectivity index (χ0) is 20.0. The lowest BCUT2D eigenvalue weighted by Gasteiger charge is -2.33. The van der Waals surface area contributed by atoms with Crippen molar-refractivity contribution in [1.29, 1.82) is 0 Å². The molecule has 4 rings (SSSR count). The van der Waals surface area contributed by atoms with Crippen LogP contribution in [0.5, 0.6) is 0 Å². The molecule has 1 aromatic carbocycles. The molecule has 28 heavy (non-hydrogen) atoms. The molecule has 3 heterocycles. The van der Waals surface area contributed by atoms with Crippen LogP contribution in [0, 0.1) is 0 Å². The minimum atomic E-state index is -0.596. The minimum absolute atomic E-state index is 0.233. The van der Waals surface area contributed by atoms with Crippen LogP contribution in [0.1, 0.15) is 31.4 Å². The summed E-state index contributed by atoms with van der Waals surface area (Å²) in [6, 6.07) is 6.00. The number of allylic oxidation sites excluding steroid dienone is 1. The van der Waals surface area contributed by atoms with Gasteiger partial charge >= 0.3 is 0 Å². The van der Waals surface area contributed by atoms with Crippen molar-refractivity contribution in [2.75, 3.05) is 11.9 Å². The number of primary amides is 1. The second-order valence-corrected chi connectivity index (χ2v) is 7.77. The zero-order valence-corrected chi connectivity index (χ0v) is 16.7. The summed E-state index contributed by atoms with van der Waals surface area (Å²) in [4.78, 5) is 26.9. The number of aromatic nitrogens is 2. The number of benzene rings is 1. The highest BCUT2D eigenvalue weighted by molar-refractivity contribution is 6.42. The second-order valence-electron chi connectivity index (χ2n) is 6.96. The molecule has 1 fully saturated rings. The normalized spacial score (nSPS) is 21.5. The molecular formula is C19H19Cl2N5O2. The molecule has 3 N–H and O–H groups in total. The Kier molecular flexibility index (Phi) is 4.81. The molecule has 2 aromatic rings. The summed E-state index contributed by atoms with van der Waals surface area (Å²) < 4.78 is 1.73. The molecule has 7 nitrogen and oxygen atoms in total. The van der Waals surface area contributed by atoms with E-state index in [1.165, 1.54) is 0 Å². The van der Waals surface area contributed by atoms with Crippen LogP contribution >= 0.6 is 23.2 Å². The van der Waals surface area contributed by atoms with Crippen molar-refractivity contribution in [3.05, 3.63) is 57.3 Å². The Morgan fingerprint density at radius 3 is 2.75 bits per heavy atom. The molecule has 2 aliphatic rings. The van der Waals surface area contributed by atoms with Gasteiger partial charge in [0.15, 0.2) is 0 Å². The summed E-state index contributed by atoms with van der Waals surface area (Å²) in [6.45, 7) is 2.33. The fraction of sp³-hybridized carbons (Fsp3) is 0.316. The lowest BCUT2D eigenvalue weighted by molar-refractivity contribution is -0.134. The predicted octanol–water partition coefficient (Wildman–Crippen LogP) is 2.96. The molecule has 2 aliphatic heterocycles. The monoisotopic (exact) mass is 419 g/mol. The first-order valence-corrected chi connectivity index (χ1v) is 9.70. The Bertz CT molecular complexity index is 1000. The highest BCUT2D eigenvalue weighted by atomic mass is 35.5. The summed E-state index contributed by atoms with van der Waals surface area (Å²) in [7, 11) is 0. The number of nitrogens with zero attached hydrogens (tertiary/aromatic N) is 3. The topological polar surface area (TPSA) is 93.2 Å². The van der Waals surface area contributed by atoms with Crippen molar-refractivity contribution < 1.29 is 9.59 Å². The Balaban J connectivity index is 1.82. The van der Waals surface area contributed by atoms with Gasteiger partial charge < -0.3 is 16.0 Å². The summed E-state index contributed by atoms with van der Waals surface area (Å²) in [5, 5.41) is 8.45. The average molecular weight is 420 g/mol. The van der Waals surface area contributed by atoms with E-state index in [1.807, 2.05) is 19.1 Å². The van der Waals surface area contributed by atoms with E-state index in [0.29, 0.717) is 34.3 Å². The number of nitrogens with two attached hydrogens (primary N) is 1. The first-order valence-electron chi connectivity index (χ1n) is 8.95. The number of hydrogen-bond acceptors (Lipinski definition) is 4. The highest BCUT2D eigenvalue weighted by Crippen LogP contribution is 2.39. The van der Waals surface area contributed by atoms with Crippen LogP contribution < -0.4 is 11.1 Å². The quantitative estimate of drug-likeness (QED) is 0.799. The number of amides is 2. The van der Waals surface area contributed by atoms with Crippen molar-refractivity contribution in [2.45, 2.75) is 31.8 Å². The zero-order valence-electron chi connectivity index (χ0n) is 15.2. The Labute approximate surface area is 172 Å². The number of carbonyl (C=O) groups is 2. The maximum Gasteiger partial charge on any atom is 0.254 e. The van der Waals surface area contributed by atoms with Gasteiger partial charge in [0.25, 0.3) is 5.91 Å². The molecule has 0 spiro atoms. The molecule has 1 saturated heterocycles. The van der Waals surface area contributed by atoms with Crippen molar-refractivity contribution in [2.24, 2.45) is 5.73 Å². The number of fused-ring (bicyclic) bond motifs is 1. The molecule has 0 aliphatic carbocycles. The van der Waals surface area contributed by atoms with Gasteiger partial charge in [-0.15, -0.1) is 0 Å². The standard InChI is InChI=1S/C19H19Cl2N5O2/c1-10-16(19(28)25-8-2-3-14(25)18(22)27)17(26-15(24-10)6-7-23-26)11-4-5-12(20)13(21)9-11/h4-7,9,14,17,24H,2-3,8H2,1H3,(H2,22,27). The maximum absolute atomic E-state index is 13.5. The number of carbonyl (C=O) groups excluding carboxylic acids is 2. The SMILES string of the molecule is CC1=C(C(=O)N2CCCC2C(N)=O)C(c2ccc(Cl)c(Cl)c2)n2nccc2N1. The molecule has 2 amide bonds. The third-order valence-corrected chi connectivity index (χ3v) is 5.98. The molecule has 0 radical (unpaired) electrons. The number of nitrogens with one attached hydrogen (secondary N) is 1. The average Bonchev–Trinajstić information content (AvgIpc) is 3.31. The van der Waals surface area contributed by atoms with Gasteiger partial charge in [0.2, 0.25) is 5.91 Å². The van der Waals surface area contributed by atoms with Crippen LogP contribution in [-0.4, -0.2) is 39.1 Å². The van der Waals surface area contributed by atoms with Crippen LogP contribution in [-0.2, 0) is 9.59 Å². The fourth-order valence-electron chi connectivity index (χ4n) is 3.93. The van der Waals surface area contributed by atoms with E-state index >= 15 is 0 Å². The number of likely N-dealkylation sites (tertiary alicyclic amines) is 1. The lowest BCUT2D eigenvalue weighted by Crippen LogP contribution is -2.46. The first kappa shape index (κ1) is 18.8. The molecule has 146 valence electrons. The number of rotatable bonds is 3. The summed E-state index contributed by atoms with van der Waals surface area (Å²) in [5.74, 6) is 0.0419. The molecule has 9 heteroatoms. The predicted molar refractivity (Wildman–Crippen MR) is 107 cm³/mol. The number of anilines is 1. The summed E-state index contributed by atoms with van der Waals surface area (Å²) in [5.41, 5.74) is 7.50. The van der Waals surface area contributed by atoms with E-state index < -0.39 is 18.0 Å². The van der Waals surface area contributed by atoms with Crippen LogP contribution in [0.25, 0.3) is 0 Å². The van der Waals surface area contributed by atoms with Gasteiger partial charge in [0.05, 0.1) is 21.8 Å². The van der Waals surface area contributed by atoms with Crippen molar-refractivity contribution in [3.63, 3.8) is 0 Å². The van der Waals surface area contributed by atoms with E-state index in [4.69, 9.17) is 28.9 Å². The molecule has 0 saturated carbocycles. The van der Waals surface area contributed by atoms with Gasteiger partial charge in [-0.1, -0.05) is 29.3 Å². The van der Waals surface area contributed by atoms with E-state index in [-0.39, 0.29) is 5.91 Å². The number of hydrogen-bond donors (Lipinski definition) is 2. The molecule has 2 atom stereocenters. The smallest absolute Gasteiger partial charge is 0.254 e. The third kappa shape index (κ3) is 3.04. The van der Waals surface area contributed by atoms with Gasteiger partial charge in [-0.2, -0.15) is 5.10 Å². The van der Waals surface area contributed by atoms with E-state index in [0.717, 1.165) is 17.8 Å². The lowest BCUT2D eigenvalue weighted by atomic mass is 9.94. The van der Waals surface area contributed by atoms with Gasteiger partial charge in [0, 0.05) is 18.3 Å². The molecule has 1 aromatic heterocycles. The largest absolute Gasteiger partial charge is 0.368 e. The Morgan fingerprint density at radius 1 is 1.25 bits per heavy atom. The van der Waals surface area contributed by atoms with E-state index in [9.17, 15) is 9.59 Å². The van der Waals surface area contributed by atoms with E-state index in [1.54, 1.807) is 27.9 Å². The van der Waals surface area contributed by atoms with Crippen LogP contribution in [0.2, 0.25) is 10.0 Å². The second kappa shape index (κ2) is 7.14. The van der Waals surface area contributed by atoms with Crippen LogP contribution in [0.3, 0.4) is 0 Å². The number of halogens is 2. The highest BCUT2D eigenvalue weighted by Gasteiger charge is 2.40. The van der Waals surface area contributed by atoms with Gasteiger partial charge in [0.1, 0.15) is 17.9 Å². The van der Waals surface area contributed by atoms with Crippen molar-refractivity contribution >= 4 is 40.8 Å². The third-order valence-electron chi connectivity index (χ3n) is 5.24. The first-order chi connectivity index (χ1) is 13.4. The molecular weight excluding hydrogens is 401 g/mol. The van der Waals surface area contributed by atoms with Crippen molar-refractivity contribution in [1.82, 2.24) is 14.7 Å². The maximum atomic E-state index is 13.5. The van der Waals surface area contributed by atoms with Gasteiger partial charge in [-0.25, -0.2) is 4.68 Å². The minimum Gasteiger partial charge on any atom is -0.368 e. The molecule has 0 bridgehead atoms. The van der Waals surface area contributed by atoms with E-state index in [2.05, 4.69) is 10.4 Å². The summed E-state index contributed by atoms with van der Waals surface area (Å²) >= 11 is 12.3. The van der Waals surface area contributed by atoms with Gasteiger partial charge in [-0.3, -0.25) is 9.59 Å². The Morgan fingerprint density at radius 2 is 2.04 bits per heavy atom. The Hall–Kier alpha value is -2.51. The van der Waals surface area contributed by atoms with Crippen LogP contribution in [0.4, 0.5) is 5.82 Å². The summed E-state index contributed by atoms with van der Waals surface area (Å²) in [6.07, 6.45) is 2.98. The van der Waals surface area contributed by atoms with Crippen LogP contribution in [0.15, 0.2) is 41.7 Å².